The van der Waals surface area contributed by atoms with E-state index >= 15 is 0 Å². The van der Waals surface area contributed by atoms with Gasteiger partial charge < -0.3 is 9.30 Å². The highest BCUT2D eigenvalue weighted by atomic mass is 32.1. The Morgan fingerprint density at radius 2 is 2.10 bits per heavy atom. The van der Waals surface area contributed by atoms with Crippen LogP contribution in [0.15, 0.2) is 18.2 Å². The molecule has 1 aromatic carbocycles. The molecule has 2 aliphatic rings. The standard InChI is InChI=1S/C19H21FN6O2S/c20-13-3-4-14-15(12-13)29-19(21-14)26(7-6-24-8-10-28-11-9-24)18(27)17-23-22-16-2-1-5-25(16)17/h3-4,12H,1-2,5-11H2. The molecule has 2 aromatic heterocycles. The lowest BCUT2D eigenvalue weighted by Crippen LogP contribution is -2.43. The molecule has 10 heteroatoms. The van der Waals surface area contributed by atoms with E-state index in [-0.39, 0.29) is 11.7 Å². The quantitative estimate of drug-likeness (QED) is 0.633. The molecule has 1 amide bonds. The van der Waals surface area contributed by atoms with Crippen LogP contribution in [0.4, 0.5) is 9.52 Å². The number of morpholine rings is 1. The molecule has 1 saturated heterocycles. The summed E-state index contributed by atoms with van der Waals surface area (Å²) in [6.07, 6.45) is 1.81. The van der Waals surface area contributed by atoms with Gasteiger partial charge in [-0.3, -0.25) is 14.6 Å². The van der Waals surface area contributed by atoms with Crippen LogP contribution < -0.4 is 4.90 Å². The summed E-state index contributed by atoms with van der Waals surface area (Å²) in [5.74, 6) is 0.686. The van der Waals surface area contributed by atoms with Crippen molar-refractivity contribution in [1.82, 2.24) is 24.6 Å². The summed E-state index contributed by atoms with van der Waals surface area (Å²) in [6.45, 7) is 5.02. The molecular formula is C19H21FN6O2S. The Labute approximate surface area is 170 Å². The van der Waals surface area contributed by atoms with Gasteiger partial charge in [0.25, 0.3) is 5.91 Å². The number of hydrogen-bond acceptors (Lipinski definition) is 7. The summed E-state index contributed by atoms with van der Waals surface area (Å²) in [6, 6.07) is 4.48. The van der Waals surface area contributed by atoms with E-state index in [9.17, 15) is 9.18 Å². The van der Waals surface area contributed by atoms with Crippen molar-refractivity contribution < 1.29 is 13.9 Å². The average molecular weight is 416 g/mol. The number of carbonyl (C=O) groups excluding carboxylic acids is 1. The van der Waals surface area contributed by atoms with Gasteiger partial charge in [-0.05, 0) is 24.6 Å². The van der Waals surface area contributed by atoms with Crippen molar-refractivity contribution in [2.75, 3.05) is 44.3 Å². The normalized spacial score (nSPS) is 17.0. The van der Waals surface area contributed by atoms with Crippen molar-refractivity contribution in [3.8, 4) is 0 Å². The van der Waals surface area contributed by atoms with Gasteiger partial charge in [-0.25, -0.2) is 9.37 Å². The SMILES string of the molecule is O=C(c1nnc2n1CCC2)N(CCN1CCOCC1)c1nc2ccc(F)cc2s1. The van der Waals surface area contributed by atoms with Crippen molar-refractivity contribution >= 4 is 32.6 Å². The molecule has 0 spiro atoms. The van der Waals surface area contributed by atoms with Crippen molar-refractivity contribution in [2.24, 2.45) is 0 Å². The van der Waals surface area contributed by atoms with Crippen LogP contribution in [0.5, 0.6) is 0 Å². The van der Waals surface area contributed by atoms with Crippen LogP contribution in [0.1, 0.15) is 22.9 Å². The number of aryl methyl sites for hydroxylation is 1. The van der Waals surface area contributed by atoms with Crippen LogP contribution in [0.2, 0.25) is 0 Å². The van der Waals surface area contributed by atoms with Crippen molar-refractivity contribution in [3.05, 3.63) is 35.7 Å². The minimum atomic E-state index is -0.311. The van der Waals surface area contributed by atoms with Crippen LogP contribution in [0.25, 0.3) is 10.2 Å². The van der Waals surface area contributed by atoms with Crippen molar-refractivity contribution in [2.45, 2.75) is 19.4 Å². The summed E-state index contributed by atoms with van der Waals surface area (Å²) in [5, 5.41) is 8.88. The lowest BCUT2D eigenvalue weighted by Gasteiger charge is -2.29. The van der Waals surface area contributed by atoms with E-state index in [0.29, 0.717) is 42.8 Å². The number of amides is 1. The second-order valence-electron chi connectivity index (χ2n) is 7.21. The Hall–Kier alpha value is -2.43. The number of fused-ring (bicyclic) bond motifs is 2. The third-order valence-electron chi connectivity index (χ3n) is 5.36. The minimum Gasteiger partial charge on any atom is -0.379 e. The third-order valence-corrected chi connectivity index (χ3v) is 6.40. The van der Waals surface area contributed by atoms with Crippen LogP contribution >= 0.6 is 11.3 Å². The second kappa shape index (κ2) is 7.77. The fraction of sp³-hybridized carbons (Fsp3) is 0.474. The van der Waals surface area contributed by atoms with E-state index in [4.69, 9.17) is 4.74 Å². The monoisotopic (exact) mass is 416 g/mol. The van der Waals surface area contributed by atoms with E-state index in [2.05, 4.69) is 20.1 Å². The molecule has 1 fully saturated rings. The third kappa shape index (κ3) is 3.63. The van der Waals surface area contributed by atoms with Gasteiger partial charge in [0.2, 0.25) is 5.82 Å². The number of anilines is 1. The summed E-state index contributed by atoms with van der Waals surface area (Å²) in [4.78, 5) is 22.0. The Morgan fingerprint density at radius 3 is 2.97 bits per heavy atom. The molecule has 0 aliphatic carbocycles. The number of halogens is 1. The van der Waals surface area contributed by atoms with Gasteiger partial charge in [0.05, 0.1) is 23.4 Å². The molecule has 29 heavy (non-hydrogen) atoms. The lowest BCUT2D eigenvalue weighted by atomic mass is 10.3. The van der Waals surface area contributed by atoms with Gasteiger partial charge in [-0.2, -0.15) is 0 Å². The molecule has 0 unspecified atom stereocenters. The molecule has 0 atom stereocenters. The molecule has 5 rings (SSSR count). The Kier molecular flexibility index (Phi) is 4.98. The minimum absolute atomic E-state index is 0.210. The van der Waals surface area contributed by atoms with Crippen LogP contribution in [0, 0.1) is 5.82 Å². The Morgan fingerprint density at radius 1 is 1.24 bits per heavy atom. The summed E-state index contributed by atoms with van der Waals surface area (Å²) in [5.41, 5.74) is 0.682. The number of thiazole rings is 1. The van der Waals surface area contributed by atoms with Crippen LogP contribution in [-0.4, -0.2) is 69.9 Å². The topological polar surface area (TPSA) is 76.4 Å². The molecule has 3 aromatic rings. The van der Waals surface area contributed by atoms with E-state index in [1.807, 2.05) is 4.57 Å². The number of rotatable bonds is 5. The number of nitrogens with zero attached hydrogens (tertiary/aromatic N) is 6. The fourth-order valence-corrected chi connectivity index (χ4v) is 4.80. The Balaban J connectivity index is 1.46. The molecule has 0 saturated carbocycles. The second-order valence-corrected chi connectivity index (χ2v) is 8.22. The number of aromatic nitrogens is 4. The molecule has 4 heterocycles. The lowest BCUT2D eigenvalue weighted by molar-refractivity contribution is 0.0390. The summed E-state index contributed by atoms with van der Waals surface area (Å²) >= 11 is 1.32. The molecule has 0 N–H and O–H groups in total. The number of hydrogen-bond donors (Lipinski definition) is 0. The highest BCUT2D eigenvalue weighted by Gasteiger charge is 2.29. The summed E-state index contributed by atoms with van der Waals surface area (Å²) in [7, 11) is 0. The van der Waals surface area contributed by atoms with E-state index in [1.54, 1.807) is 11.0 Å². The maximum atomic E-state index is 13.6. The van der Waals surface area contributed by atoms with E-state index < -0.39 is 0 Å². The highest BCUT2D eigenvalue weighted by molar-refractivity contribution is 7.22. The van der Waals surface area contributed by atoms with E-state index in [0.717, 1.165) is 43.0 Å². The zero-order chi connectivity index (χ0) is 19.8. The zero-order valence-electron chi connectivity index (χ0n) is 15.9. The largest absolute Gasteiger partial charge is 0.379 e. The first-order chi connectivity index (χ1) is 14.2. The van der Waals surface area contributed by atoms with Crippen LogP contribution in [0.3, 0.4) is 0 Å². The molecular weight excluding hydrogens is 395 g/mol. The number of benzene rings is 1. The van der Waals surface area contributed by atoms with Gasteiger partial charge in [-0.15, -0.1) is 10.2 Å². The predicted molar refractivity (Wildman–Crippen MR) is 107 cm³/mol. The Bertz CT molecular complexity index is 1040. The fourth-order valence-electron chi connectivity index (χ4n) is 3.78. The van der Waals surface area contributed by atoms with Gasteiger partial charge in [0, 0.05) is 39.1 Å². The van der Waals surface area contributed by atoms with Gasteiger partial charge >= 0.3 is 0 Å². The van der Waals surface area contributed by atoms with Gasteiger partial charge in [0.15, 0.2) is 5.13 Å². The number of carbonyl (C=O) groups is 1. The van der Waals surface area contributed by atoms with Crippen molar-refractivity contribution in [1.29, 1.82) is 0 Å². The first-order valence-electron chi connectivity index (χ1n) is 9.79. The van der Waals surface area contributed by atoms with Crippen LogP contribution in [-0.2, 0) is 17.7 Å². The molecule has 0 radical (unpaired) electrons. The van der Waals surface area contributed by atoms with Gasteiger partial charge in [0.1, 0.15) is 11.6 Å². The smallest absolute Gasteiger partial charge is 0.298 e. The first kappa shape index (κ1) is 18.6. The average Bonchev–Trinajstić information content (AvgIpc) is 3.44. The number of ether oxygens (including phenoxy) is 1. The predicted octanol–water partition coefficient (Wildman–Crippen LogP) is 1.95. The maximum Gasteiger partial charge on any atom is 0.298 e. The molecule has 2 aliphatic heterocycles. The maximum absolute atomic E-state index is 13.6. The summed E-state index contributed by atoms with van der Waals surface area (Å²) < 4.78 is 21.7. The molecule has 8 nitrogen and oxygen atoms in total. The van der Waals surface area contributed by atoms with E-state index in [1.165, 1.54) is 23.5 Å². The van der Waals surface area contributed by atoms with Crippen molar-refractivity contribution in [3.63, 3.8) is 0 Å². The molecule has 152 valence electrons. The zero-order valence-corrected chi connectivity index (χ0v) is 16.7. The van der Waals surface area contributed by atoms with Gasteiger partial charge in [-0.1, -0.05) is 11.3 Å². The first-order valence-corrected chi connectivity index (χ1v) is 10.6. The highest BCUT2D eigenvalue weighted by Crippen LogP contribution is 2.30. The molecule has 0 bridgehead atoms.